The molecule has 0 aliphatic rings. The van der Waals surface area contributed by atoms with E-state index in [1.165, 1.54) is 6.92 Å². The molecule has 148 valence electrons. The van der Waals surface area contributed by atoms with Gasteiger partial charge in [-0.15, -0.1) is 0 Å². The number of nitrogens with zero attached hydrogens (tertiary/aromatic N) is 1. The van der Waals surface area contributed by atoms with Crippen LogP contribution >= 0.6 is 0 Å². The Morgan fingerprint density at radius 3 is 2.00 bits per heavy atom. The number of rotatable bonds is 5. The van der Waals surface area contributed by atoms with Crippen LogP contribution < -0.4 is 5.32 Å². The largest absolute Gasteiger partial charge is 0.449 e. The van der Waals surface area contributed by atoms with Gasteiger partial charge in [-0.1, -0.05) is 62.4 Å². The van der Waals surface area contributed by atoms with Crippen molar-refractivity contribution in [2.75, 3.05) is 0 Å². The second-order valence-corrected chi connectivity index (χ2v) is 7.70. The molecule has 0 fully saturated rings. The molecule has 1 amide bonds. The highest BCUT2D eigenvalue weighted by atomic mass is 16.5. The first-order valence-electron chi connectivity index (χ1n) is 9.61. The van der Waals surface area contributed by atoms with Gasteiger partial charge in [-0.2, -0.15) is 5.26 Å². The Labute approximate surface area is 170 Å². The van der Waals surface area contributed by atoms with E-state index in [2.05, 4.69) is 11.4 Å². The first-order valence-corrected chi connectivity index (χ1v) is 9.61. The molecule has 0 saturated carbocycles. The van der Waals surface area contributed by atoms with Crippen molar-refractivity contribution in [2.24, 2.45) is 5.92 Å². The van der Waals surface area contributed by atoms with Gasteiger partial charge < -0.3 is 10.1 Å². The molecule has 3 aromatic carbocycles. The van der Waals surface area contributed by atoms with Crippen LogP contribution in [0.15, 0.2) is 54.6 Å². The molecular weight excluding hydrogens is 364 g/mol. The Balaban J connectivity index is 1.93. The fourth-order valence-electron chi connectivity index (χ4n) is 3.17. The topological polar surface area (TPSA) is 79.2 Å². The van der Waals surface area contributed by atoms with Crippen molar-refractivity contribution in [3.05, 3.63) is 60.2 Å². The van der Waals surface area contributed by atoms with Crippen molar-refractivity contribution in [1.29, 1.82) is 5.26 Å². The second kappa shape index (κ2) is 7.92. The van der Waals surface area contributed by atoms with Gasteiger partial charge >= 0.3 is 5.97 Å². The highest BCUT2D eigenvalue weighted by molar-refractivity contribution is 6.16. The van der Waals surface area contributed by atoms with Gasteiger partial charge in [-0.05, 0) is 47.4 Å². The molecule has 0 radical (unpaired) electrons. The summed E-state index contributed by atoms with van der Waals surface area (Å²) in [6.07, 6.45) is -1.04. The summed E-state index contributed by atoms with van der Waals surface area (Å²) in [5.41, 5.74) is -0.602. The minimum Gasteiger partial charge on any atom is -0.449 e. The molecule has 5 heteroatoms. The smallest absolute Gasteiger partial charge is 0.340 e. The fraction of sp³-hybridized carbons (Fsp3) is 0.292. The molecule has 1 N–H and O–H groups in total. The molecule has 3 rings (SSSR count). The second-order valence-electron chi connectivity index (χ2n) is 7.70. The molecule has 5 nitrogen and oxygen atoms in total. The van der Waals surface area contributed by atoms with Gasteiger partial charge in [0.25, 0.3) is 5.91 Å². The quantitative estimate of drug-likeness (QED) is 0.512. The highest BCUT2D eigenvalue weighted by Gasteiger charge is 2.33. The van der Waals surface area contributed by atoms with E-state index in [1.807, 2.05) is 68.4 Å². The molecule has 0 heterocycles. The monoisotopic (exact) mass is 388 g/mol. The van der Waals surface area contributed by atoms with E-state index in [1.54, 1.807) is 6.92 Å². The van der Waals surface area contributed by atoms with Crippen LogP contribution in [0.1, 0.15) is 38.1 Å². The third-order valence-electron chi connectivity index (χ3n) is 5.40. The number of hydrogen-bond acceptors (Lipinski definition) is 4. The van der Waals surface area contributed by atoms with E-state index in [4.69, 9.17) is 4.74 Å². The minimum atomic E-state index is -1.04. The normalized spacial score (nSPS) is 14.2. The van der Waals surface area contributed by atoms with Gasteiger partial charge in [0.2, 0.25) is 0 Å². The lowest BCUT2D eigenvalue weighted by Crippen LogP contribution is -2.52. The summed E-state index contributed by atoms with van der Waals surface area (Å²) in [5, 5.41) is 15.5. The van der Waals surface area contributed by atoms with E-state index in [9.17, 15) is 14.9 Å². The standard InChI is InChI=1S/C24H24N2O3/c1-15(2)24(4,14-25)26-22(27)16(3)29-23(28)21-19-11-7-5-9-17(19)13-18-10-6-8-12-20(18)21/h5-13,15-16H,1-4H3,(H,26,27)/t16-,24+/m0/s1. The lowest BCUT2D eigenvalue weighted by Gasteiger charge is -2.28. The number of benzene rings is 3. The van der Waals surface area contributed by atoms with Crippen molar-refractivity contribution in [2.45, 2.75) is 39.3 Å². The Morgan fingerprint density at radius 2 is 1.52 bits per heavy atom. The zero-order chi connectivity index (χ0) is 21.2. The molecule has 0 bridgehead atoms. The number of fused-ring (bicyclic) bond motifs is 2. The average Bonchev–Trinajstić information content (AvgIpc) is 2.71. The first kappa shape index (κ1) is 20.3. The average molecular weight is 388 g/mol. The Morgan fingerprint density at radius 1 is 1.00 bits per heavy atom. The number of carbonyl (C=O) groups excluding carboxylic acids is 2. The molecule has 0 unspecified atom stereocenters. The van der Waals surface area contributed by atoms with Crippen LogP contribution in [0.3, 0.4) is 0 Å². The molecule has 3 aromatic rings. The Bertz CT molecular complexity index is 1080. The van der Waals surface area contributed by atoms with Crippen LogP contribution in [-0.4, -0.2) is 23.5 Å². The molecule has 29 heavy (non-hydrogen) atoms. The third kappa shape index (κ3) is 3.93. The number of hydrogen-bond donors (Lipinski definition) is 1. The number of ether oxygens (including phenoxy) is 1. The maximum Gasteiger partial charge on any atom is 0.340 e. The van der Waals surface area contributed by atoms with E-state index in [0.29, 0.717) is 5.56 Å². The molecule has 2 atom stereocenters. The van der Waals surface area contributed by atoms with Crippen molar-refractivity contribution in [3.8, 4) is 6.07 Å². The Kier molecular flexibility index (Phi) is 5.56. The summed E-state index contributed by atoms with van der Waals surface area (Å²) in [4.78, 5) is 25.7. The van der Waals surface area contributed by atoms with Crippen LogP contribution in [-0.2, 0) is 9.53 Å². The van der Waals surface area contributed by atoms with Gasteiger partial charge in [0, 0.05) is 0 Å². The van der Waals surface area contributed by atoms with E-state index in [-0.39, 0.29) is 5.92 Å². The Hall–Kier alpha value is -3.39. The number of amides is 1. The predicted octanol–water partition coefficient (Wildman–Crippen LogP) is 4.59. The summed E-state index contributed by atoms with van der Waals surface area (Å²) >= 11 is 0. The van der Waals surface area contributed by atoms with E-state index < -0.39 is 23.5 Å². The maximum absolute atomic E-state index is 13.1. The zero-order valence-corrected chi connectivity index (χ0v) is 17.0. The molecule has 0 aliphatic heterocycles. The minimum absolute atomic E-state index is 0.0960. The van der Waals surface area contributed by atoms with Crippen LogP contribution in [0.5, 0.6) is 0 Å². The van der Waals surface area contributed by atoms with E-state index in [0.717, 1.165) is 21.5 Å². The molecular formula is C24H24N2O3. The zero-order valence-electron chi connectivity index (χ0n) is 17.0. The van der Waals surface area contributed by atoms with Crippen molar-refractivity contribution < 1.29 is 14.3 Å². The lowest BCUT2D eigenvalue weighted by atomic mass is 9.90. The number of carbonyl (C=O) groups is 2. The van der Waals surface area contributed by atoms with Gasteiger partial charge in [-0.3, -0.25) is 4.79 Å². The molecule has 0 saturated heterocycles. The van der Waals surface area contributed by atoms with Gasteiger partial charge in [0.05, 0.1) is 11.6 Å². The van der Waals surface area contributed by atoms with Crippen molar-refractivity contribution in [1.82, 2.24) is 5.32 Å². The summed E-state index contributed by atoms with van der Waals surface area (Å²) in [7, 11) is 0. The highest BCUT2D eigenvalue weighted by Crippen LogP contribution is 2.29. The van der Waals surface area contributed by atoms with Crippen molar-refractivity contribution >= 4 is 33.4 Å². The van der Waals surface area contributed by atoms with E-state index >= 15 is 0 Å². The van der Waals surface area contributed by atoms with Crippen LogP contribution in [0.2, 0.25) is 0 Å². The molecule has 0 spiro atoms. The van der Waals surface area contributed by atoms with Crippen LogP contribution in [0, 0.1) is 17.2 Å². The SMILES string of the molecule is CC(C)[C@@](C)(C#N)NC(=O)[C@H](C)OC(=O)c1c2ccccc2cc2ccccc12. The summed E-state index contributed by atoms with van der Waals surface area (Å²) in [5.74, 6) is -1.16. The third-order valence-corrected chi connectivity index (χ3v) is 5.40. The first-order chi connectivity index (χ1) is 13.8. The maximum atomic E-state index is 13.1. The van der Waals surface area contributed by atoms with Crippen molar-refractivity contribution in [3.63, 3.8) is 0 Å². The lowest BCUT2D eigenvalue weighted by molar-refractivity contribution is -0.130. The summed E-state index contributed by atoms with van der Waals surface area (Å²) in [6, 6.07) is 19.3. The summed E-state index contributed by atoms with van der Waals surface area (Å²) in [6.45, 7) is 6.87. The van der Waals surface area contributed by atoms with Crippen LogP contribution in [0.4, 0.5) is 0 Å². The van der Waals surface area contributed by atoms with Gasteiger partial charge in [0.1, 0.15) is 5.54 Å². The van der Waals surface area contributed by atoms with Gasteiger partial charge in [0.15, 0.2) is 6.10 Å². The summed E-state index contributed by atoms with van der Waals surface area (Å²) < 4.78 is 5.52. The molecule has 0 aliphatic carbocycles. The number of nitriles is 1. The predicted molar refractivity (Wildman–Crippen MR) is 113 cm³/mol. The fourth-order valence-corrected chi connectivity index (χ4v) is 3.17. The number of esters is 1. The van der Waals surface area contributed by atoms with Gasteiger partial charge in [-0.25, -0.2) is 4.79 Å². The molecule has 0 aromatic heterocycles. The number of nitrogens with one attached hydrogen (secondary N) is 1. The van der Waals surface area contributed by atoms with Crippen LogP contribution in [0.25, 0.3) is 21.5 Å².